The Morgan fingerprint density at radius 2 is 1.84 bits per heavy atom. The molecule has 0 rings (SSSR count). The van der Waals surface area contributed by atoms with Gasteiger partial charge in [0.25, 0.3) is 0 Å². The molecule has 0 saturated heterocycles. The van der Waals surface area contributed by atoms with Gasteiger partial charge in [-0.2, -0.15) is 0 Å². The van der Waals surface area contributed by atoms with Gasteiger partial charge in [0.05, 0.1) is 0 Å². The second-order valence-corrected chi connectivity index (χ2v) is 4.07. The lowest BCUT2D eigenvalue weighted by Gasteiger charge is -2.12. The molecular formula is C13H22N2O4. The van der Waals surface area contributed by atoms with Crippen molar-refractivity contribution in [2.75, 3.05) is 6.54 Å². The number of rotatable bonds is 9. The van der Waals surface area contributed by atoms with Crippen molar-refractivity contribution >= 4 is 17.8 Å². The first-order chi connectivity index (χ1) is 9.01. The van der Waals surface area contributed by atoms with E-state index in [9.17, 15) is 14.4 Å². The number of hydrogen-bond acceptors (Lipinski definition) is 3. The summed E-state index contributed by atoms with van der Waals surface area (Å²) in [4.78, 5) is 33.6. The molecule has 2 amide bonds. The molecule has 108 valence electrons. The van der Waals surface area contributed by atoms with Crippen LogP contribution in [0.1, 0.15) is 39.5 Å². The quantitative estimate of drug-likeness (QED) is 0.541. The summed E-state index contributed by atoms with van der Waals surface area (Å²) in [5.74, 6) is -1.50. The maximum absolute atomic E-state index is 11.5. The number of amides is 2. The molecule has 0 heterocycles. The van der Waals surface area contributed by atoms with E-state index in [-0.39, 0.29) is 31.1 Å². The van der Waals surface area contributed by atoms with E-state index in [1.54, 1.807) is 19.1 Å². The molecule has 0 bridgehead atoms. The third-order valence-electron chi connectivity index (χ3n) is 2.42. The lowest BCUT2D eigenvalue weighted by Crippen LogP contribution is -2.40. The van der Waals surface area contributed by atoms with Crippen molar-refractivity contribution in [3.63, 3.8) is 0 Å². The van der Waals surface area contributed by atoms with Gasteiger partial charge in [-0.15, -0.1) is 0 Å². The Morgan fingerprint density at radius 3 is 2.37 bits per heavy atom. The second-order valence-electron chi connectivity index (χ2n) is 4.07. The predicted molar refractivity (Wildman–Crippen MR) is 71.5 cm³/mol. The third kappa shape index (κ3) is 8.82. The van der Waals surface area contributed by atoms with Gasteiger partial charge in [0.2, 0.25) is 11.8 Å². The molecule has 1 unspecified atom stereocenters. The van der Waals surface area contributed by atoms with Crippen LogP contribution < -0.4 is 10.6 Å². The van der Waals surface area contributed by atoms with E-state index in [1.807, 2.05) is 6.92 Å². The van der Waals surface area contributed by atoms with Crippen LogP contribution in [-0.4, -0.2) is 35.5 Å². The molecule has 1 atom stereocenters. The Labute approximate surface area is 113 Å². The summed E-state index contributed by atoms with van der Waals surface area (Å²) in [6.45, 7) is 4.17. The van der Waals surface area contributed by atoms with Crippen LogP contribution in [0, 0.1) is 0 Å². The van der Waals surface area contributed by atoms with Crippen molar-refractivity contribution in [1.82, 2.24) is 10.6 Å². The highest BCUT2D eigenvalue weighted by Gasteiger charge is 2.18. The van der Waals surface area contributed by atoms with Gasteiger partial charge in [-0.25, -0.2) is 4.79 Å². The summed E-state index contributed by atoms with van der Waals surface area (Å²) < 4.78 is 0. The zero-order chi connectivity index (χ0) is 14.7. The summed E-state index contributed by atoms with van der Waals surface area (Å²) in [5, 5.41) is 14.0. The van der Waals surface area contributed by atoms with Crippen LogP contribution in [0.25, 0.3) is 0 Å². The molecule has 0 aromatic rings. The number of carboxylic acids is 1. The fraction of sp³-hybridized carbons (Fsp3) is 0.615. The van der Waals surface area contributed by atoms with Crippen molar-refractivity contribution in [3.8, 4) is 0 Å². The monoisotopic (exact) mass is 270 g/mol. The molecule has 0 radical (unpaired) electrons. The highest BCUT2D eigenvalue weighted by Crippen LogP contribution is 1.99. The van der Waals surface area contributed by atoms with Crippen LogP contribution >= 0.6 is 0 Å². The summed E-state index contributed by atoms with van der Waals surface area (Å²) >= 11 is 0. The fourth-order valence-corrected chi connectivity index (χ4v) is 1.46. The molecule has 0 aromatic heterocycles. The van der Waals surface area contributed by atoms with Gasteiger partial charge >= 0.3 is 5.97 Å². The topological polar surface area (TPSA) is 95.5 Å². The van der Waals surface area contributed by atoms with Crippen LogP contribution in [-0.2, 0) is 14.4 Å². The summed E-state index contributed by atoms with van der Waals surface area (Å²) in [5.41, 5.74) is 0. The van der Waals surface area contributed by atoms with Crippen molar-refractivity contribution in [1.29, 1.82) is 0 Å². The average molecular weight is 270 g/mol. The SMILES string of the molecule is C/C=C/CC(NC(=O)CCCC(=O)NCC)C(=O)O. The van der Waals surface area contributed by atoms with E-state index in [0.29, 0.717) is 13.0 Å². The number of carbonyl (C=O) groups is 3. The molecule has 0 fully saturated rings. The van der Waals surface area contributed by atoms with Crippen molar-refractivity contribution in [2.24, 2.45) is 0 Å². The molecule has 0 saturated carbocycles. The Balaban J connectivity index is 3.99. The van der Waals surface area contributed by atoms with Gasteiger partial charge < -0.3 is 15.7 Å². The van der Waals surface area contributed by atoms with E-state index in [2.05, 4.69) is 10.6 Å². The summed E-state index contributed by atoms with van der Waals surface area (Å²) in [6.07, 6.45) is 4.51. The Morgan fingerprint density at radius 1 is 1.21 bits per heavy atom. The Hall–Kier alpha value is -1.85. The normalized spacial score (nSPS) is 12.1. The predicted octanol–water partition coefficient (Wildman–Crippen LogP) is 0.828. The molecule has 0 spiro atoms. The molecule has 0 aliphatic rings. The molecule has 0 aliphatic heterocycles. The van der Waals surface area contributed by atoms with Crippen molar-refractivity contribution in [3.05, 3.63) is 12.2 Å². The maximum Gasteiger partial charge on any atom is 0.326 e. The lowest BCUT2D eigenvalue weighted by atomic mass is 10.1. The van der Waals surface area contributed by atoms with E-state index in [1.165, 1.54) is 0 Å². The number of aliphatic carboxylic acids is 1. The highest BCUT2D eigenvalue weighted by atomic mass is 16.4. The van der Waals surface area contributed by atoms with E-state index < -0.39 is 12.0 Å². The number of allylic oxidation sites excluding steroid dienone is 1. The molecule has 6 heteroatoms. The minimum Gasteiger partial charge on any atom is -0.480 e. The van der Waals surface area contributed by atoms with Crippen molar-refractivity contribution < 1.29 is 19.5 Å². The molecule has 0 aromatic carbocycles. The molecule has 19 heavy (non-hydrogen) atoms. The van der Waals surface area contributed by atoms with E-state index in [0.717, 1.165) is 0 Å². The minimum absolute atomic E-state index is 0.0981. The highest BCUT2D eigenvalue weighted by molar-refractivity contribution is 5.84. The standard InChI is InChI=1S/C13H22N2O4/c1-3-5-7-10(13(18)19)15-12(17)9-6-8-11(16)14-4-2/h3,5,10H,4,6-9H2,1-2H3,(H,14,16)(H,15,17)(H,18,19)/b5-3+. The zero-order valence-corrected chi connectivity index (χ0v) is 11.4. The largest absolute Gasteiger partial charge is 0.480 e. The molecule has 6 nitrogen and oxygen atoms in total. The summed E-state index contributed by atoms with van der Waals surface area (Å²) in [6, 6.07) is -0.909. The fourth-order valence-electron chi connectivity index (χ4n) is 1.46. The van der Waals surface area contributed by atoms with Crippen LogP contribution in [0.5, 0.6) is 0 Å². The lowest BCUT2D eigenvalue weighted by molar-refractivity contribution is -0.141. The van der Waals surface area contributed by atoms with Crippen LogP contribution in [0.3, 0.4) is 0 Å². The van der Waals surface area contributed by atoms with E-state index >= 15 is 0 Å². The van der Waals surface area contributed by atoms with Gasteiger partial charge in [-0.1, -0.05) is 12.2 Å². The van der Waals surface area contributed by atoms with Gasteiger partial charge in [0.1, 0.15) is 6.04 Å². The summed E-state index contributed by atoms with van der Waals surface area (Å²) in [7, 11) is 0. The zero-order valence-electron chi connectivity index (χ0n) is 11.4. The first-order valence-electron chi connectivity index (χ1n) is 6.41. The molecule has 3 N–H and O–H groups in total. The Kier molecular flexibility index (Phi) is 9.12. The number of hydrogen-bond donors (Lipinski definition) is 3. The van der Waals surface area contributed by atoms with Crippen LogP contribution in [0.15, 0.2) is 12.2 Å². The minimum atomic E-state index is -1.06. The average Bonchev–Trinajstić information content (AvgIpc) is 2.34. The molecular weight excluding hydrogens is 248 g/mol. The number of carbonyl (C=O) groups excluding carboxylic acids is 2. The van der Waals surface area contributed by atoms with Crippen LogP contribution in [0.2, 0.25) is 0 Å². The Bertz CT molecular complexity index is 340. The second kappa shape index (κ2) is 10.1. The first kappa shape index (κ1) is 17.2. The van der Waals surface area contributed by atoms with E-state index in [4.69, 9.17) is 5.11 Å². The number of nitrogens with one attached hydrogen (secondary N) is 2. The van der Waals surface area contributed by atoms with Gasteiger partial charge in [-0.3, -0.25) is 9.59 Å². The van der Waals surface area contributed by atoms with Crippen LogP contribution in [0.4, 0.5) is 0 Å². The maximum atomic E-state index is 11.5. The molecule has 0 aliphatic carbocycles. The van der Waals surface area contributed by atoms with Gasteiger partial charge in [-0.05, 0) is 26.7 Å². The van der Waals surface area contributed by atoms with Gasteiger partial charge in [0.15, 0.2) is 0 Å². The van der Waals surface area contributed by atoms with Crippen molar-refractivity contribution in [2.45, 2.75) is 45.6 Å². The first-order valence-corrected chi connectivity index (χ1v) is 6.41. The number of carboxylic acid groups (broad SMARTS) is 1. The third-order valence-corrected chi connectivity index (χ3v) is 2.42. The smallest absolute Gasteiger partial charge is 0.326 e. The van der Waals surface area contributed by atoms with Gasteiger partial charge in [0, 0.05) is 19.4 Å².